The van der Waals surface area contributed by atoms with Gasteiger partial charge in [0.1, 0.15) is 13.2 Å². The van der Waals surface area contributed by atoms with Gasteiger partial charge in [0, 0.05) is 12.5 Å². The Hall–Kier alpha value is -1.36. The van der Waals surface area contributed by atoms with Crippen LogP contribution < -0.4 is 15.2 Å². The Morgan fingerprint density at radius 2 is 2.00 bits per heavy atom. The van der Waals surface area contributed by atoms with E-state index in [0.29, 0.717) is 43.2 Å². The molecule has 17 heavy (non-hydrogen) atoms. The number of benzene rings is 1. The Morgan fingerprint density at radius 1 is 1.29 bits per heavy atom. The van der Waals surface area contributed by atoms with Crippen LogP contribution in [0, 0.1) is 0 Å². The van der Waals surface area contributed by atoms with Crippen molar-refractivity contribution in [2.24, 2.45) is 5.73 Å². The lowest BCUT2D eigenvalue weighted by Gasteiger charge is -2.23. The molecule has 0 radical (unpaired) electrons. The topological polar surface area (TPSA) is 44.5 Å². The van der Waals surface area contributed by atoms with Crippen molar-refractivity contribution in [1.29, 1.82) is 0 Å². The average Bonchev–Trinajstić information content (AvgIpc) is 2.28. The highest BCUT2D eigenvalue weighted by molar-refractivity contribution is 5.51. The summed E-state index contributed by atoms with van der Waals surface area (Å²) in [6, 6.07) is 2.79. The zero-order valence-corrected chi connectivity index (χ0v) is 9.63. The van der Waals surface area contributed by atoms with Gasteiger partial charge in [-0.15, -0.1) is 0 Å². The van der Waals surface area contributed by atoms with E-state index in [9.17, 15) is 8.78 Å². The third kappa shape index (κ3) is 2.49. The van der Waals surface area contributed by atoms with E-state index in [2.05, 4.69) is 0 Å². The summed E-state index contributed by atoms with van der Waals surface area (Å²) in [7, 11) is 0. The summed E-state index contributed by atoms with van der Waals surface area (Å²) < 4.78 is 37.4. The van der Waals surface area contributed by atoms with Gasteiger partial charge in [-0.25, -0.2) is 8.78 Å². The maximum Gasteiger partial charge on any atom is 0.270 e. The van der Waals surface area contributed by atoms with E-state index in [1.54, 1.807) is 0 Å². The molecule has 0 unspecified atom stereocenters. The van der Waals surface area contributed by atoms with E-state index in [1.807, 2.05) is 0 Å². The van der Waals surface area contributed by atoms with E-state index < -0.39 is 5.92 Å². The van der Waals surface area contributed by atoms with Crippen LogP contribution in [-0.4, -0.2) is 19.8 Å². The SMILES string of the molecule is CC(F)(F)c1cc(CCN)c2c(c1)OCCO2. The third-order valence-corrected chi connectivity index (χ3v) is 2.64. The first-order valence-electron chi connectivity index (χ1n) is 5.53. The molecule has 1 aliphatic rings. The predicted octanol–water partition coefficient (Wildman–Crippen LogP) is 2.07. The molecule has 0 spiro atoms. The van der Waals surface area contributed by atoms with Gasteiger partial charge in [-0.3, -0.25) is 0 Å². The van der Waals surface area contributed by atoms with Gasteiger partial charge in [0.05, 0.1) is 0 Å². The first-order valence-corrected chi connectivity index (χ1v) is 5.53. The molecule has 2 N–H and O–H groups in total. The molecule has 0 aliphatic carbocycles. The number of nitrogens with two attached hydrogens (primary N) is 1. The first kappa shape index (κ1) is 12.1. The van der Waals surface area contributed by atoms with Crippen LogP contribution in [0.25, 0.3) is 0 Å². The summed E-state index contributed by atoms with van der Waals surface area (Å²) in [5.41, 5.74) is 6.09. The lowest BCUT2D eigenvalue weighted by molar-refractivity contribution is 0.0168. The number of hydrogen-bond acceptors (Lipinski definition) is 3. The quantitative estimate of drug-likeness (QED) is 0.883. The van der Waals surface area contributed by atoms with Gasteiger partial charge in [-0.2, -0.15) is 0 Å². The summed E-state index contributed by atoms with van der Waals surface area (Å²) in [6.45, 7) is 2.07. The van der Waals surface area contributed by atoms with Crippen molar-refractivity contribution in [3.63, 3.8) is 0 Å². The van der Waals surface area contributed by atoms with Crippen molar-refractivity contribution in [1.82, 2.24) is 0 Å². The fourth-order valence-electron chi connectivity index (χ4n) is 1.82. The molecule has 2 rings (SSSR count). The highest BCUT2D eigenvalue weighted by atomic mass is 19.3. The molecule has 0 bridgehead atoms. The number of alkyl halides is 2. The molecule has 0 aromatic heterocycles. The Morgan fingerprint density at radius 3 is 2.65 bits per heavy atom. The third-order valence-electron chi connectivity index (χ3n) is 2.64. The van der Waals surface area contributed by atoms with Gasteiger partial charge in [-0.05, 0) is 30.7 Å². The summed E-state index contributed by atoms with van der Waals surface area (Å²) in [6.07, 6.45) is 0.496. The van der Waals surface area contributed by atoms with E-state index in [-0.39, 0.29) is 5.56 Å². The molecular weight excluding hydrogens is 228 g/mol. The molecule has 0 atom stereocenters. The standard InChI is InChI=1S/C12H15F2NO2/c1-12(13,14)9-6-8(2-3-15)11-10(7-9)16-4-5-17-11/h6-7H,2-5,15H2,1H3. The highest BCUT2D eigenvalue weighted by Gasteiger charge is 2.28. The summed E-state index contributed by atoms with van der Waals surface area (Å²) in [5, 5.41) is 0. The zero-order valence-electron chi connectivity index (χ0n) is 9.63. The van der Waals surface area contributed by atoms with E-state index in [4.69, 9.17) is 15.2 Å². The predicted molar refractivity (Wildman–Crippen MR) is 59.8 cm³/mol. The van der Waals surface area contributed by atoms with Gasteiger partial charge < -0.3 is 15.2 Å². The molecule has 1 aliphatic heterocycles. The van der Waals surface area contributed by atoms with Gasteiger partial charge in [0.25, 0.3) is 5.92 Å². The van der Waals surface area contributed by atoms with Crippen LogP contribution in [0.5, 0.6) is 11.5 Å². The fraction of sp³-hybridized carbons (Fsp3) is 0.500. The van der Waals surface area contributed by atoms with Crippen LogP contribution in [0.15, 0.2) is 12.1 Å². The Bertz CT molecular complexity index is 416. The molecular formula is C12H15F2NO2. The second-order valence-corrected chi connectivity index (χ2v) is 4.09. The van der Waals surface area contributed by atoms with Gasteiger partial charge >= 0.3 is 0 Å². The lowest BCUT2D eigenvalue weighted by atomic mass is 10.0. The average molecular weight is 243 g/mol. The van der Waals surface area contributed by atoms with Crippen molar-refractivity contribution in [3.8, 4) is 11.5 Å². The van der Waals surface area contributed by atoms with Crippen molar-refractivity contribution in [2.75, 3.05) is 19.8 Å². The van der Waals surface area contributed by atoms with Crippen LogP contribution in [0.4, 0.5) is 8.78 Å². The molecule has 1 heterocycles. The van der Waals surface area contributed by atoms with Gasteiger partial charge in [-0.1, -0.05) is 0 Å². The second-order valence-electron chi connectivity index (χ2n) is 4.09. The molecule has 0 saturated carbocycles. The van der Waals surface area contributed by atoms with Crippen LogP contribution in [0.3, 0.4) is 0 Å². The first-order chi connectivity index (χ1) is 8.02. The van der Waals surface area contributed by atoms with E-state index in [0.717, 1.165) is 6.92 Å². The van der Waals surface area contributed by atoms with Crippen molar-refractivity contribution >= 4 is 0 Å². The molecule has 3 nitrogen and oxygen atoms in total. The maximum absolute atomic E-state index is 13.3. The van der Waals surface area contributed by atoms with Crippen LogP contribution in [0.1, 0.15) is 18.1 Å². The smallest absolute Gasteiger partial charge is 0.270 e. The summed E-state index contributed by atoms with van der Waals surface area (Å²) in [5.74, 6) is -1.95. The minimum absolute atomic E-state index is 0.0646. The minimum Gasteiger partial charge on any atom is -0.486 e. The van der Waals surface area contributed by atoms with E-state index in [1.165, 1.54) is 12.1 Å². The van der Waals surface area contributed by atoms with Crippen molar-refractivity contribution < 1.29 is 18.3 Å². The number of ether oxygens (including phenoxy) is 2. The summed E-state index contributed by atoms with van der Waals surface area (Å²) >= 11 is 0. The van der Waals surface area contributed by atoms with Crippen molar-refractivity contribution in [3.05, 3.63) is 23.3 Å². The molecule has 1 aromatic carbocycles. The fourth-order valence-corrected chi connectivity index (χ4v) is 1.82. The molecule has 0 saturated heterocycles. The molecule has 94 valence electrons. The lowest BCUT2D eigenvalue weighted by Crippen LogP contribution is -2.19. The summed E-state index contributed by atoms with van der Waals surface area (Å²) in [4.78, 5) is 0. The van der Waals surface area contributed by atoms with Crippen LogP contribution in [0.2, 0.25) is 0 Å². The Balaban J connectivity index is 2.48. The maximum atomic E-state index is 13.3. The number of fused-ring (bicyclic) bond motifs is 1. The minimum atomic E-state index is -2.89. The number of rotatable bonds is 3. The van der Waals surface area contributed by atoms with E-state index >= 15 is 0 Å². The van der Waals surface area contributed by atoms with Crippen LogP contribution in [-0.2, 0) is 12.3 Å². The Labute approximate surface area is 98.5 Å². The van der Waals surface area contributed by atoms with Gasteiger partial charge in [0.2, 0.25) is 0 Å². The number of hydrogen-bond donors (Lipinski definition) is 1. The Kier molecular flexibility index (Phi) is 3.19. The normalized spacial score (nSPS) is 14.8. The van der Waals surface area contributed by atoms with Gasteiger partial charge in [0.15, 0.2) is 11.5 Å². The largest absolute Gasteiger partial charge is 0.486 e. The molecule has 0 amide bonds. The monoisotopic (exact) mass is 243 g/mol. The highest BCUT2D eigenvalue weighted by Crippen LogP contribution is 2.39. The molecule has 0 fully saturated rings. The molecule has 1 aromatic rings. The number of halogens is 2. The zero-order chi connectivity index (χ0) is 12.5. The molecule has 5 heteroatoms. The van der Waals surface area contributed by atoms with Crippen molar-refractivity contribution in [2.45, 2.75) is 19.3 Å². The van der Waals surface area contributed by atoms with Crippen LogP contribution >= 0.6 is 0 Å². The second kappa shape index (κ2) is 4.49.